The molecule has 0 saturated heterocycles. The molecule has 0 aliphatic heterocycles. The summed E-state index contributed by atoms with van der Waals surface area (Å²) in [7, 11) is 0. The largest absolute Gasteiger partial charge is 0.439 e. The summed E-state index contributed by atoms with van der Waals surface area (Å²) in [6.45, 7) is 1.93. The number of halogens is 2. The molecule has 16 heavy (non-hydrogen) atoms. The second-order valence-corrected chi connectivity index (χ2v) is 4.65. The molecule has 0 aliphatic carbocycles. The Kier molecular flexibility index (Phi) is 3.46. The fourth-order valence-electron chi connectivity index (χ4n) is 1.22. The second-order valence-electron chi connectivity index (χ2n) is 3.33. The molecule has 1 aromatic heterocycles. The van der Waals surface area contributed by atoms with E-state index in [-0.39, 0.29) is 0 Å². The Morgan fingerprint density at radius 1 is 1.25 bits per heavy atom. The molecule has 82 valence electrons. The minimum atomic E-state index is 0.560. The van der Waals surface area contributed by atoms with Crippen molar-refractivity contribution in [2.24, 2.45) is 0 Å². The van der Waals surface area contributed by atoms with Crippen LogP contribution < -0.4 is 4.74 Å². The maximum Gasteiger partial charge on any atom is 0.219 e. The topological polar surface area (TPSA) is 22.1 Å². The molecule has 0 unspecified atom stereocenters. The van der Waals surface area contributed by atoms with Crippen LogP contribution in [0.15, 0.2) is 41.0 Å². The first kappa shape index (κ1) is 11.4. The summed E-state index contributed by atoms with van der Waals surface area (Å²) in [5.41, 5.74) is 0.983. The van der Waals surface area contributed by atoms with E-state index in [2.05, 4.69) is 20.9 Å². The van der Waals surface area contributed by atoms with Gasteiger partial charge in [-0.25, -0.2) is 4.98 Å². The van der Waals surface area contributed by atoms with Gasteiger partial charge in [-0.1, -0.05) is 11.6 Å². The second kappa shape index (κ2) is 4.85. The Morgan fingerprint density at radius 2 is 2.06 bits per heavy atom. The quantitative estimate of drug-likeness (QED) is 0.808. The molecule has 4 heteroatoms. The van der Waals surface area contributed by atoms with Crippen LogP contribution in [-0.4, -0.2) is 4.98 Å². The minimum Gasteiger partial charge on any atom is -0.439 e. The van der Waals surface area contributed by atoms with Gasteiger partial charge in [0, 0.05) is 21.8 Å². The van der Waals surface area contributed by atoms with Crippen LogP contribution in [0.5, 0.6) is 11.6 Å². The fourth-order valence-corrected chi connectivity index (χ4v) is 1.58. The highest BCUT2D eigenvalue weighted by Gasteiger charge is 2.01. The number of ether oxygens (including phenoxy) is 1. The molecule has 0 N–H and O–H groups in total. The Labute approximate surface area is 107 Å². The van der Waals surface area contributed by atoms with E-state index < -0.39 is 0 Å². The van der Waals surface area contributed by atoms with Crippen molar-refractivity contribution in [3.63, 3.8) is 0 Å². The van der Waals surface area contributed by atoms with E-state index in [0.717, 1.165) is 20.8 Å². The third-order valence-corrected chi connectivity index (χ3v) is 2.95. The van der Waals surface area contributed by atoms with Crippen LogP contribution in [0.3, 0.4) is 0 Å². The molecule has 0 saturated carbocycles. The summed E-state index contributed by atoms with van der Waals surface area (Å²) >= 11 is 9.24. The van der Waals surface area contributed by atoms with E-state index in [1.807, 2.05) is 31.2 Å². The highest BCUT2D eigenvalue weighted by molar-refractivity contribution is 9.10. The summed E-state index contributed by atoms with van der Waals surface area (Å²) in [5, 5.41) is 0.733. The monoisotopic (exact) mass is 297 g/mol. The van der Waals surface area contributed by atoms with E-state index in [1.54, 1.807) is 12.3 Å². The van der Waals surface area contributed by atoms with Gasteiger partial charge in [0.2, 0.25) is 5.88 Å². The lowest BCUT2D eigenvalue weighted by molar-refractivity contribution is 0.462. The summed E-state index contributed by atoms with van der Waals surface area (Å²) in [6.07, 6.45) is 1.69. The zero-order valence-electron chi connectivity index (χ0n) is 8.58. The number of aromatic nitrogens is 1. The van der Waals surface area contributed by atoms with Gasteiger partial charge in [0.25, 0.3) is 0 Å². The lowest BCUT2D eigenvalue weighted by Gasteiger charge is -2.06. The number of aryl methyl sites for hydroxylation is 1. The zero-order valence-corrected chi connectivity index (χ0v) is 10.9. The van der Waals surface area contributed by atoms with Gasteiger partial charge in [0.15, 0.2) is 0 Å². The maximum absolute atomic E-state index is 5.93. The van der Waals surface area contributed by atoms with Crippen LogP contribution in [0.4, 0.5) is 0 Å². The van der Waals surface area contributed by atoms with Crippen molar-refractivity contribution in [3.05, 3.63) is 51.6 Å². The van der Waals surface area contributed by atoms with Gasteiger partial charge < -0.3 is 4.74 Å². The van der Waals surface area contributed by atoms with E-state index >= 15 is 0 Å². The number of nitrogens with zero attached hydrogens (tertiary/aromatic N) is 1. The van der Waals surface area contributed by atoms with Gasteiger partial charge in [0.05, 0.1) is 0 Å². The molecule has 2 rings (SSSR count). The number of pyridine rings is 1. The van der Waals surface area contributed by atoms with E-state index in [0.29, 0.717) is 5.88 Å². The Balaban J connectivity index is 2.20. The molecule has 0 amide bonds. The third-order valence-electron chi connectivity index (χ3n) is 2.05. The van der Waals surface area contributed by atoms with Gasteiger partial charge in [-0.05, 0) is 52.7 Å². The molecule has 0 bridgehead atoms. The summed E-state index contributed by atoms with van der Waals surface area (Å²) in [4.78, 5) is 4.12. The van der Waals surface area contributed by atoms with Crippen molar-refractivity contribution < 1.29 is 4.74 Å². The van der Waals surface area contributed by atoms with Crippen molar-refractivity contribution in [2.45, 2.75) is 6.92 Å². The average Bonchev–Trinajstić information content (AvgIpc) is 2.27. The van der Waals surface area contributed by atoms with Crippen LogP contribution in [0, 0.1) is 6.92 Å². The van der Waals surface area contributed by atoms with Crippen molar-refractivity contribution in [1.82, 2.24) is 4.98 Å². The van der Waals surface area contributed by atoms with Crippen molar-refractivity contribution >= 4 is 27.5 Å². The molecule has 1 heterocycles. The molecule has 0 spiro atoms. The molecule has 0 atom stereocenters. The lowest BCUT2D eigenvalue weighted by atomic mass is 10.2. The summed E-state index contributed by atoms with van der Waals surface area (Å²) < 4.78 is 6.50. The van der Waals surface area contributed by atoms with Crippen LogP contribution in [-0.2, 0) is 0 Å². The Bertz CT molecular complexity index is 499. The third kappa shape index (κ3) is 2.74. The fraction of sp³-hybridized carbons (Fsp3) is 0.0833. The minimum absolute atomic E-state index is 0.560. The predicted octanol–water partition coefficient (Wildman–Crippen LogP) is 4.60. The molecule has 0 fully saturated rings. The van der Waals surface area contributed by atoms with Gasteiger partial charge in [0.1, 0.15) is 5.75 Å². The van der Waals surface area contributed by atoms with Crippen molar-refractivity contribution in [2.75, 3.05) is 0 Å². The van der Waals surface area contributed by atoms with Crippen molar-refractivity contribution in [1.29, 1.82) is 0 Å². The molecule has 0 aliphatic rings. The van der Waals surface area contributed by atoms with Gasteiger partial charge >= 0.3 is 0 Å². The number of benzene rings is 1. The number of hydrogen-bond acceptors (Lipinski definition) is 2. The molecule has 2 aromatic rings. The molecule has 2 nitrogen and oxygen atoms in total. The van der Waals surface area contributed by atoms with Gasteiger partial charge in [-0.2, -0.15) is 0 Å². The molecular formula is C12H9BrClNO. The lowest BCUT2D eigenvalue weighted by Crippen LogP contribution is -1.88. The normalized spacial score (nSPS) is 10.2. The van der Waals surface area contributed by atoms with Gasteiger partial charge in [-0.3, -0.25) is 0 Å². The first-order chi connectivity index (χ1) is 7.65. The SMILES string of the molecule is Cc1cc(Oc2ccc(Br)cn2)ccc1Cl. The van der Waals surface area contributed by atoms with E-state index in [9.17, 15) is 0 Å². The summed E-state index contributed by atoms with van der Waals surface area (Å²) in [6, 6.07) is 9.19. The molecular weight excluding hydrogens is 289 g/mol. The van der Waals surface area contributed by atoms with Crippen LogP contribution >= 0.6 is 27.5 Å². The van der Waals surface area contributed by atoms with Crippen LogP contribution in [0.2, 0.25) is 5.02 Å². The smallest absolute Gasteiger partial charge is 0.219 e. The summed E-state index contributed by atoms with van der Waals surface area (Å²) in [5.74, 6) is 1.29. The Morgan fingerprint density at radius 3 is 2.69 bits per heavy atom. The highest BCUT2D eigenvalue weighted by atomic mass is 79.9. The maximum atomic E-state index is 5.93. The number of hydrogen-bond donors (Lipinski definition) is 0. The molecule has 1 aromatic carbocycles. The first-order valence-electron chi connectivity index (χ1n) is 4.71. The zero-order chi connectivity index (χ0) is 11.5. The van der Waals surface area contributed by atoms with Crippen LogP contribution in [0.25, 0.3) is 0 Å². The average molecular weight is 299 g/mol. The highest BCUT2D eigenvalue weighted by Crippen LogP contribution is 2.25. The molecule has 0 radical (unpaired) electrons. The first-order valence-corrected chi connectivity index (χ1v) is 5.88. The van der Waals surface area contributed by atoms with Gasteiger partial charge in [-0.15, -0.1) is 0 Å². The standard InChI is InChI=1S/C12H9BrClNO/c1-8-6-10(3-4-11(8)14)16-12-5-2-9(13)7-15-12/h2-7H,1H3. The van der Waals surface area contributed by atoms with Crippen molar-refractivity contribution in [3.8, 4) is 11.6 Å². The number of rotatable bonds is 2. The van der Waals surface area contributed by atoms with E-state index in [4.69, 9.17) is 16.3 Å². The van der Waals surface area contributed by atoms with E-state index in [1.165, 1.54) is 0 Å². The Hall–Kier alpha value is -1.06. The predicted molar refractivity (Wildman–Crippen MR) is 68.2 cm³/mol. The van der Waals surface area contributed by atoms with Crippen LogP contribution in [0.1, 0.15) is 5.56 Å².